The number of fused-ring (bicyclic) bond motifs is 1. The highest BCUT2D eigenvalue weighted by Gasteiger charge is 2.36. The molecule has 0 saturated carbocycles. The lowest BCUT2D eigenvalue weighted by molar-refractivity contribution is 0.350. The van der Waals surface area contributed by atoms with Gasteiger partial charge in [-0.3, -0.25) is 13.9 Å². The molecule has 0 aromatic carbocycles. The fraction of sp³-hybridized carbons (Fsp3) is 0.706. The number of epoxide rings is 1. The summed E-state index contributed by atoms with van der Waals surface area (Å²) in [5, 5.41) is 0. The Morgan fingerprint density at radius 1 is 1.08 bits per heavy atom. The largest absolute Gasteiger partial charge is 0.370 e. The summed E-state index contributed by atoms with van der Waals surface area (Å²) in [4.78, 5) is 28.5. The minimum Gasteiger partial charge on any atom is -0.370 e. The zero-order chi connectivity index (χ0) is 17.3. The fourth-order valence-corrected chi connectivity index (χ4v) is 3.34. The molecule has 2 aromatic heterocycles. The van der Waals surface area contributed by atoms with Gasteiger partial charge in [0.15, 0.2) is 11.2 Å². The van der Waals surface area contributed by atoms with E-state index >= 15 is 0 Å². The molecule has 24 heavy (non-hydrogen) atoms. The Kier molecular flexibility index (Phi) is 4.89. The van der Waals surface area contributed by atoms with Gasteiger partial charge in [-0.15, -0.1) is 0 Å². The summed E-state index contributed by atoms with van der Waals surface area (Å²) in [5.74, 6) is 0. The Morgan fingerprint density at radius 2 is 1.83 bits per heavy atom. The van der Waals surface area contributed by atoms with Crippen molar-refractivity contribution in [1.82, 2.24) is 18.7 Å². The van der Waals surface area contributed by atoms with Gasteiger partial charge >= 0.3 is 5.69 Å². The summed E-state index contributed by atoms with van der Waals surface area (Å²) in [6.07, 6.45) is 9.36. The van der Waals surface area contributed by atoms with E-state index in [-0.39, 0.29) is 11.2 Å². The maximum atomic E-state index is 12.3. The second-order valence-corrected chi connectivity index (χ2v) is 6.67. The van der Waals surface area contributed by atoms with E-state index in [1.807, 2.05) is 4.57 Å². The van der Waals surface area contributed by atoms with Crippen LogP contribution in [-0.2, 0) is 25.4 Å². The van der Waals surface area contributed by atoms with E-state index in [4.69, 9.17) is 4.74 Å². The van der Waals surface area contributed by atoms with Gasteiger partial charge in [0.25, 0.3) is 5.56 Å². The van der Waals surface area contributed by atoms with Gasteiger partial charge in [-0.25, -0.2) is 9.78 Å². The van der Waals surface area contributed by atoms with Crippen molar-refractivity contribution in [2.45, 2.75) is 64.2 Å². The minimum absolute atomic E-state index is 0.278. The number of hydrogen-bond donors (Lipinski definition) is 0. The van der Waals surface area contributed by atoms with Crippen LogP contribution in [0.25, 0.3) is 11.2 Å². The van der Waals surface area contributed by atoms with E-state index in [1.54, 1.807) is 13.4 Å². The number of hydrogen-bond acceptors (Lipinski definition) is 4. The van der Waals surface area contributed by atoms with E-state index in [2.05, 4.69) is 11.9 Å². The first-order valence-electron chi connectivity index (χ1n) is 8.81. The molecule has 0 amide bonds. The molecule has 2 unspecified atom stereocenters. The van der Waals surface area contributed by atoms with E-state index < -0.39 is 0 Å². The molecule has 1 aliphatic rings. The van der Waals surface area contributed by atoms with Gasteiger partial charge in [0, 0.05) is 20.6 Å². The maximum absolute atomic E-state index is 12.3. The maximum Gasteiger partial charge on any atom is 0.332 e. The van der Waals surface area contributed by atoms with Crippen molar-refractivity contribution in [1.29, 1.82) is 0 Å². The highest BCUT2D eigenvalue weighted by molar-refractivity contribution is 5.69. The third-order valence-electron chi connectivity index (χ3n) is 4.87. The van der Waals surface area contributed by atoms with Crippen molar-refractivity contribution >= 4 is 11.2 Å². The van der Waals surface area contributed by atoms with Crippen LogP contribution in [0, 0.1) is 0 Å². The third-order valence-corrected chi connectivity index (χ3v) is 4.87. The van der Waals surface area contributed by atoms with Gasteiger partial charge in [0.1, 0.15) is 0 Å². The molecule has 1 fully saturated rings. The van der Waals surface area contributed by atoms with Crippen LogP contribution in [0.3, 0.4) is 0 Å². The Bertz CT molecular complexity index is 833. The molecular formula is C17H26N4O3. The molecule has 0 aliphatic carbocycles. The number of ether oxygens (including phenoxy) is 1. The predicted octanol–water partition coefficient (Wildman–Crippen LogP) is 1.56. The van der Waals surface area contributed by atoms with Crippen molar-refractivity contribution in [3.8, 4) is 0 Å². The normalized spacial score (nSPS) is 20.0. The van der Waals surface area contributed by atoms with Crippen LogP contribution in [0.15, 0.2) is 15.9 Å². The predicted molar refractivity (Wildman–Crippen MR) is 92.3 cm³/mol. The SMILES string of the molecule is CCCC1OC1CCCCCn1cnc2c1c(=O)n(C)c(=O)n2C. The van der Waals surface area contributed by atoms with Gasteiger partial charge in [-0.1, -0.05) is 26.2 Å². The fourth-order valence-electron chi connectivity index (χ4n) is 3.34. The molecule has 3 heterocycles. The van der Waals surface area contributed by atoms with Crippen LogP contribution >= 0.6 is 0 Å². The number of aromatic nitrogens is 4. The van der Waals surface area contributed by atoms with Gasteiger partial charge in [-0.2, -0.15) is 0 Å². The zero-order valence-electron chi connectivity index (χ0n) is 14.7. The molecule has 7 heteroatoms. The molecule has 132 valence electrons. The molecule has 1 saturated heterocycles. The molecule has 0 N–H and O–H groups in total. The second-order valence-electron chi connectivity index (χ2n) is 6.67. The quantitative estimate of drug-likeness (QED) is 0.542. The van der Waals surface area contributed by atoms with Crippen molar-refractivity contribution in [3.63, 3.8) is 0 Å². The summed E-state index contributed by atoms with van der Waals surface area (Å²) < 4.78 is 10.1. The summed E-state index contributed by atoms with van der Waals surface area (Å²) in [7, 11) is 3.15. The molecule has 7 nitrogen and oxygen atoms in total. The van der Waals surface area contributed by atoms with Crippen molar-refractivity contribution in [2.75, 3.05) is 0 Å². The Hall–Kier alpha value is -1.89. The summed E-state index contributed by atoms with van der Waals surface area (Å²) in [5.41, 5.74) is 0.341. The summed E-state index contributed by atoms with van der Waals surface area (Å²) in [6.45, 7) is 2.93. The van der Waals surface area contributed by atoms with Crippen LogP contribution in [0.2, 0.25) is 0 Å². The molecular weight excluding hydrogens is 308 g/mol. The summed E-state index contributed by atoms with van der Waals surface area (Å²) in [6, 6.07) is 0. The summed E-state index contributed by atoms with van der Waals surface area (Å²) >= 11 is 0. The topological polar surface area (TPSA) is 74.3 Å². The molecule has 3 rings (SSSR count). The lowest BCUT2D eigenvalue weighted by atomic mass is 10.1. The first-order chi connectivity index (χ1) is 11.5. The average molecular weight is 334 g/mol. The van der Waals surface area contributed by atoms with Gasteiger partial charge in [0.2, 0.25) is 0 Å². The van der Waals surface area contributed by atoms with Crippen molar-refractivity contribution in [3.05, 3.63) is 27.2 Å². The lowest BCUT2D eigenvalue weighted by Gasteiger charge is -2.06. The average Bonchev–Trinajstić information content (AvgIpc) is 3.16. The Morgan fingerprint density at radius 3 is 2.58 bits per heavy atom. The Labute approximate surface area is 140 Å². The first-order valence-corrected chi connectivity index (χ1v) is 8.81. The molecule has 1 aliphatic heterocycles. The highest BCUT2D eigenvalue weighted by Crippen LogP contribution is 2.30. The van der Waals surface area contributed by atoms with Gasteiger partial charge in [-0.05, 0) is 19.3 Å². The van der Waals surface area contributed by atoms with E-state index in [0.717, 1.165) is 36.8 Å². The van der Waals surface area contributed by atoms with E-state index in [1.165, 1.54) is 24.5 Å². The second kappa shape index (κ2) is 6.93. The Balaban J connectivity index is 1.57. The highest BCUT2D eigenvalue weighted by atomic mass is 16.6. The third kappa shape index (κ3) is 3.17. The van der Waals surface area contributed by atoms with Crippen LogP contribution in [0.4, 0.5) is 0 Å². The van der Waals surface area contributed by atoms with E-state index in [0.29, 0.717) is 23.4 Å². The van der Waals surface area contributed by atoms with Crippen LogP contribution in [-0.4, -0.2) is 30.9 Å². The van der Waals surface area contributed by atoms with Gasteiger partial charge in [0.05, 0.1) is 18.5 Å². The molecule has 0 bridgehead atoms. The monoisotopic (exact) mass is 334 g/mol. The number of imidazole rings is 1. The molecule has 2 aromatic rings. The minimum atomic E-state index is -0.344. The zero-order valence-corrected chi connectivity index (χ0v) is 14.7. The number of rotatable bonds is 8. The molecule has 0 spiro atoms. The van der Waals surface area contributed by atoms with Gasteiger partial charge < -0.3 is 9.30 Å². The standard InChI is InChI=1S/C17H26N4O3/c1-4-8-12-13(24-12)9-6-5-7-10-21-11-18-15-14(21)16(22)20(3)17(23)19(15)2/h11-13H,4-10H2,1-3H3. The van der Waals surface area contributed by atoms with Crippen LogP contribution in [0.5, 0.6) is 0 Å². The first kappa shape index (κ1) is 17.0. The van der Waals surface area contributed by atoms with Crippen LogP contribution < -0.4 is 11.2 Å². The lowest BCUT2D eigenvalue weighted by Crippen LogP contribution is -2.37. The van der Waals surface area contributed by atoms with Crippen molar-refractivity contribution < 1.29 is 4.74 Å². The number of aryl methyl sites for hydroxylation is 2. The number of unbranched alkanes of at least 4 members (excludes halogenated alkanes) is 2. The smallest absolute Gasteiger partial charge is 0.332 e. The molecule has 2 atom stereocenters. The molecule has 0 radical (unpaired) electrons. The van der Waals surface area contributed by atoms with E-state index in [9.17, 15) is 9.59 Å². The van der Waals surface area contributed by atoms with Crippen LogP contribution in [0.1, 0.15) is 45.4 Å². The number of nitrogens with zero attached hydrogens (tertiary/aromatic N) is 4. The van der Waals surface area contributed by atoms with Crippen molar-refractivity contribution in [2.24, 2.45) is 14.1 Å².